The molecule has 3 N–H and O–H groups in total. The van der Waals surface area contributed by atoms with Gasteiger partial charge in [0.05, 0.1) is 17.0 Å². The Bertz CT molecular complexity index is 930. The minimum atomic E-state index is -0.425. The number of para-hydroxylation sites is 3. The number of nitrogens with one attached hydrogen (secondary N) is 3. The van der Waals surface area contributed by atoms with Crippen molar-refractivity contribution in [1.29, 1.82) is 0 Å². The summed E-state index contributed by atoms with van der Waals surface area (Å²) in [6, 6.07) is 15.4. The number of rotatable bonds is 5. The predicted molar refractivity (Wildman–Crippen MR) is 99.9 cm³/mol. The van der Waals surface area contributed by atoms with Crippen molar-refractivity contribution >= 4 is 28.5 Å². The fraction of sp³-hybridized carbons (Fsp3) is 0.250. The lowest BCUT2D eigenvalue weighted by Gasteiger charge is -2.24. The van der Waals surface area contributed by atoms with Crippen LogP contribution in [0.3, 0.4) is 0 Å². The van der Waals surface area contributed by atoms with E-state index in [1.807, 2.05) is 48.5 Å². The van der Waals surface area contributed by atoms with Crippen LogP contribution in [0.5, 0.6) is 0 Å². The lowest BCUT2D eigenvalue weighted by Crippen LogP contribution is -2.35. The Morgan fingerprint density at radius 3 is 2.85 bits per heavy atom. The highest BCUT2D eigenvalue weighted by Gasteiger charge is 2.30. The highest BCUT2D eigenvalue weighted by atomic mass is 16.2. The fourth-order valence-corrected chi connectivity index (χ4v) is 3.36. The first-order chi connectivity index (χ1) is 12.7. The van der Waals surface area contributed by atoms with Gasteiger partial charge in [0, 0.05) is 25.1 Å². The zero-order chi connectivity index (χ0) is 17.9. The summed E-state index contributed by atoms with van der Waals surface area (Å²) in [6.07, 6.45) is 1.73. The number of aromatic nitrogens is 2. The van der Waals surface area contributed by atoms with E-state index in [9.17, 15) is 9.59 Å². The van der Waals surface area contributed by atoms with Gasteiger partial charge in [0.25, 0.3) is 0 Å². The molecular weight excluding hydrogens is 328 g/mol. The molecule has 0 saturated heterocycles. The second-order valence-electron chi connectivity index (χ2n) is 6.49. The molecule has 6 heteroatoms. The topological polar surface area (TPSA) is 86.9 Å². The minimum absolute atomic E-state index is 0.100. The van der Waals surface area contributed by atoms with Gasteiger partial charge in [0.2, 0.25) is 11.8 Å². The molecule has 0 bridgehead atoms. The average Bonchev–Trinajstić information content (AvgIpc) is 3.07. The summed E-state index contributed by atoms with van der Waals surface area (Å²) >= 11 is 0. The van der Waals surface area contributed by atoms with Gasteiger partial charge in [-0.1, -0.05) is 30.3 Å². The Kier molecular flexibility index (Phi) is 4.39. The molecule has 1 aromatic heterocycles. The normalized spacial score (nSPS) is 16.2. The van der Waals surface area contributed by atoms with Crippen LogP contribution in [-0.2, 0) is 16.0 Å². The van der Waals surface area contributed by atoms with Crippen molar-refractivity contribution in [2.24, 2.45) is 0 Å². The van der Waals surface area contributed by atoms with Gasteiger partial charge in [-0.25, -0.2) is 4.98 Å². The predicted octanol–water partition coefficient (Wildman–Crippen LogP) is 2.74. The third-order valence-electron chi connectivity index (χ3n) is 4.64. The van der Waals surface area contributed by atoms with Crippen LogP contribution in [0.2, 0.25) is 0 Å². The van der Waals surface area contributed by atoms with E-state index in [0.29, 0.717) is 6.54 Å². The Morgan fingerprint density at radius 2 is 1.96 bits per heavy atom. The van der Waals surface area contributed by atoms with Gasteiger partial charge in [-0.2, -0.15) is 0 Å². The molecule has 26 heavy (non-hydrogen) atoms. The molecule has 2 heterocycles. The second kappa shape index (κ2) is 7.00. The lowest BCUT2D eigenvalue weighted by atomic mass is 9.90. The molecule has 3 aromatic rings. The van der Waals surface area contributed by atoms with Gasteiger partial charge in [-0.3, -0.25) is 9.59 Å². The zero-order valence-corrected chi connectivity index (χ0v) is 14.3. The van der Waals surface area contributed by atoms with E-state index in [-0.39, 0.29) is 18.2 Å². The lowest BCUT2D eigenvalue weighted by molar-refractivity contribution is -0.126. The van der Waals surface area contributed by atoms with Crippen molar-refractivity contribution in [3.63, 3.8) is 0 Å². The molecule has 0 saturated carbocycles. The van der Waals surface area contributed by atoms with Gasteiger partial charge in [0.15, 0.2) is 0 Å². The van der Waals surface area contributed by atoms with Crippen molar-refractivity contribution in [3.05, 3.63) is 59.9 Å². The maximum atomic E-state index is 12.5. The SMILES string of the molecule is O=C1CC(C(=O)NCCCc2nc3ccccc3[nH]2)c2ccccc2N1. The van der Waals surface area contributed by atoms with E-state index in [2.05, 4.69) is 20.6 Å². The maximum Gasteiger partial charge on any atom is 0.228 e. The van der Waals surface area contributed by atoms with Crippen LogP contribution in [0.4, 0.5) is 5.69 Å². The fourth-order valence-electron chi connectivity index (χ4n) is 3.36. The molecule has 4 rings (SSSR count). The molecule has 1 aliphatic rings. The quantitative estimate of drug-likeness (QED) is 0.620. The molecule has 1 atom stereocenters. The van der Waals surface area contributed by atoms with E-state index in [0.717, 1.165) is 41.0 Å². The van der Waals surface area contributed by atoms with Crippen molar-refractivity contribution in [3.8, 4) is 0 Å². The van der Waals surface area contributed by atoms with Crippen molar-refractivity contribution in [2.45, 2.75) is 25.2 Å². The number of carbonyl (C=O) groups excluding carboxylic acids is 2. The molecule has 0 fully saturated rings. The molecule has 2 aromatic carbocycles. The Balaban J connectivity index is 1.33. The number of amides is 2. The first-order valence-electron chi connectivity index (χ1n) is 8.81. The third kappa shape index (κ3) is 3.31. The van der Waals surface area contributed by atoms with E-state index < -0.39 is 5.92 Å². The average molecular weight is 348 g/mol. The van der Waals surface area contributed by atoms with E-state index >= 15 is 0 Å². The van der Waals surface area contributed by atoms with Crippen LogP contribution >= 0.6 is 0 Å². The number of H-pyrrole nitrogens is 1. The highest BCUT2D eigenvalue weighted by molar-refractivity contribution is 6.01. The van der Waals surface area contributed by atoms with Crippen LogP contribution < -0.4 is 10.6 Å². The molecular formula is C20H20N4O2. The first-order valence-corrected chi connectivity index (χ1v) is 8.81. The van der Waals surface area contributed by atoms with Crippen LogP contribution in [0.25, 0.3) is 11.0 Å². The Morgan fingerprint density at radius 1 is 1.15 bits per heavy atom. The molecule has 0 spiro atoms. The number of benzene rings is 2. The number of hydrogen-bond acceptors (Lipinski definition) is 3. The van der Waals surface area contributed by atoms with Gasteiger partial charge < -0.3 is 15.6 Å². The third-order valence-corrected chi connectivity index (χ3v) is 4.64. The van der Waals surface area contributed by atoms with E-state index in [1.165, 1.54) is 0 Å². The van der Waals surface area contributed by atoms with Crippen LogP contribution in [0.15, 0.2) is 48.5 Å². The summed E-state index contributed by atoms with van der Waals surface area (Å²) in [6.45, 7) is 0.552. The van der Waals surface area contributed by atoms with Crippen molar-refractivity contribution in [1.82, 2.24) is 15.3 Å². The molecule has 2 amide bonds. The molecule has 132 valence electrons. The smallest absolute Gasteiger partial charge is 0.228 e. The number of anilines is 1. The second-order valence-corrected chi connectivity index (χ2v) is 6.49. The van der Waals surface area contributed by atoms with Gasteiger partial charge >= 0.3 is 0 Å². The monoisotopic (exact) mass is 348 g/mol. The summed E-state index contributed by atoms with van der Waals surface area (Å²) < 4.78 is 0. The van der Waals surface area contributed by atoms with E-state index in [1.54, 1.807) is 0 Å². The molecule has 0 radical (unpaired) electrons. The number of fused-ring (bicyclic) bond motifs is 2. The van der Waals surface area contributed by atoms with Crippen LogP contribution in [0, 0.1) is 0 Å². The molecule has 6 nitrogen and oxygen atoms in total. The largest absolute Gasteiger partial charge is 0.356 e. The van der Waals surface area contributed by atoms with E-state index in [4.69, 9.17) is 0 Å². The van der Waals surface area contributed by atoms with Crippen LogP contribution in [-0.4, -0.2) is 28.3 Å². The number of imidazole rings is 1. The standard InChI is InChI=1S/C20H20N4O2/c25-19-12-14(13-6-1-2-7-15(13)24-19)20(26)21-11-5-10-18-22-16-8-3-4-9-17(16)23-18/h1-4,6-9,14H,5,10-12H2,(H,21,26)(H,22,23)(H,24,25). The summed E-state index contributed by atoms with van der Waals surface area (Å²) in [5.74, 6) is 0.275. The van der Waals surface area contributed by atoms with Gasteiger partial charge in [-0.15, -0.1) is 0 Å². The molecule has 1 unspecified atom stereocenters. The number of aryl methyl sites for hydroxylation is 1. The number of nitrogens with zero attached hydrogens (tertiary/aromatic N) is 1. The molecule has 1 aliphatic heterocycles. The highest BCUT2D eigenvalue weighted by Crippen LogP contribution is 2.31. The number of carbonyl (C=O) groups is 2. The van der Waals surface area contributed by atoms with Crippen LogP contribution in [0.1, 0.15) is 30.1 Å². The number of aromatic amines is 1. The van der Waals surface area contributed by atoms with Crippen molar-refractivity contribution in [2.75, 3.05) is 11.9 Å². The summed E-state index contributed by atoms with van der Waals surface area (Å²) in [5, 5.41) is 5.77. The zero-order valence-electron chi connectivity index (χ0n) is 14.3. The Hall–Kier alpha value is -3.15. The van der Waals surface area contributed by atoms with Gasteiger partial charge in [0.1, 0.15) is 5.82 Å². The summed E-state index contributed by atoms with van der Waals surface area (Å²) in [5.41, 5.74) is 3.58. The summed E-state index contributed by atoms with van der Waals surface area (Å²) in [7, 11) is 0. The van der Waals surface area contributed by atoms with Crippen molar-refractivity contribution < 1.29 is 9.59 Å². The van der Waals surface area contributed by atoms with Gasteiger partial charge in [-0.05, 0) is 30.2 Å². The summed E-state index contributed by atoms with van der Waals surface area (Å²) in [4.78, 5) is 32.2. The minimum Gasteiger partial charge on any atom is -0.356 e. The number of hydrogen-bond donors (Lipinski definition) is 3. The maximum absolute atomic E-state index is 12.5. The Labute approximate surface area is 151 Å². The first kappa shape index (κ1) is 16.3. The molecule has 0 aliphatic carbocycles.